The molecule has 1 fully saturated rings. The predicted octanol–water partition coefficient (Wildman–Crippen LogP) is 4.23. The van der Waals surface area contributed by atoms with E-state index in [1.165, 1.54) is 18.3 Å². The van der Waals surface area contributed by atoms with Crippen LogP contribution in [0.4, 0.5) is 31.7 Å². The van der Waals surface area contributed by atoms with Gasteiger partial charge in [0.15, 0.2) is 0 Å². The Balaban J connectivity index is 1.53. The van der Waals surface area contributed by atoms with E-state index < -0.39 is 17.5 Å². The van der Waals surface area contributed by atoms with Gasteiger partial charge in [0.2, 0.25) is 5.91 Å². The van der Waals surface area contributed by atoms with Gasteiger partial charge >= 0.3 is 0 Å². The maximum Gasteiger partial charge on any atom is 0.221 e. The summed E-state index contributed by atoms with van der Waals surface area (Å²) in [6.07, 6.45) is 1.49. The number of hydrogen-bond donors (Lipinski definition) is 3. The normalized spacial score (nSPS) is 13.6. The number of pyridine rings is 1. The van der Waals surface area contributed by atoms with E-state index in [9.17, 15) is 13.6 Å². The van der Waals surface area contributed by atoms with E-state index in [4.69, 9.17) is 22.1 Å². The number of amides is 1. The van der Waals surface area contributed by atoms with Crippen molar-refractivity contribution < 1.29 is 18.3 Å². The lowest BCUT2D eigenvalue weighted by Gasteiger charge is -2.29. The fourth-order valence-electron chi connectivity index (χ4n) is 3.72. The molecule has 34 heavy (non-hydrogen) atoms. The van der Waals surface area contributed by atoms with Gasteiger partial charge in [0.25, 0.3) is 0 Å². The summed E-state index contributed by atoms with van der Waals surface area (Å²) in [5, 5.41) is 6.81. The molecule has 3 aromatic rings. The first-order valence-electron chi connectivity index (χ1n) is 10.7. The van der Waals surface area contributed by atoms with Gasteiger partial charge in [0, 0.05) is 54.9 Å². The summed E-state index contributed by atoms with van der Waals surface area (Å²) in [6.45, 7) is 3.10. The summed E-state index contributed by atoms with van der Waals surface area (Å²) in [5.74, 6) is -1.38. The maximum atomic E-state index is 13.5. The molecule has 2 aromatic carbocycles. The molecule has 1 aromatic heterocycles. The average Bonchev–Trinajstić information content (AvgIpc) is 2.80. The number of morpholine rings is 1. The van der Waals surface area contributed by atoms with Crippen molar-refractivity contribution in [3.63, 3.8) is 0 Å². The van der Waals surface area contributed by atoms with Gasteiger partial charge in [-0.05, 0) is 35.9 Å². The summed E-state index contributed by atoms with van der Waals surface area (Å²) in [6, 6.07) is 10.7. The molecule has 4 N–H and O–H groups in total. The molecule has 1 saturated heterocycles. The van der Waals surface area contributed by atoms with Gasteiger partial charge < -0.3 is 26.0 Å². The van der Waals surface area contributed by atoms with Gasteiger partial charge in [-0.3, -0.25) is 4.79 Å². The van der Waals surface area contributed by atoms with Crippen LogP contribution in [0.25, 0.3) is 0 Å². The van der Waals surface area contributed by atoms with Crippen LogP contribution >= 0.6 is 11.6 Å². The highest BCUT2D eigenvalue weighted by Gasteiger charge is 2.14. The standard InChI is InChI=1S/C24H24ClF2N5O2/c25-20-11-19(32-3-5-34-6-4-32)1-2-21(20)31-24-12-22(16(14-30-24)9-23(28)33)29-13-15-7-17(26)10-18(27)8-15/h1-2,7-8,10-12,14H,3-6,9,13H2,(H2,28,33)(H2,29,30,31). The van der Waals surface area contributed by atoms with E-state index in [0.29, 0.717) is 46.6 Å². The first kappa shape index (κ1) is 23.7. The van der Waals surface area contributed by atoms with Crippen LogP contribution < -0.4 is 21.3 Å². The lowest BCUT2D eigenvalue weighted by Crippen LogP contribution is -2.36. The Kier molecular flexibility index (Phi) is 7.44. The third-order valence-corrected chi connectivity index (χ3v) is 5.66. The molecule has 1 aliphatic rings. The zero-order valence-electron chi connectivity index (χ0n) is 18.3. The number of benzene rings is 2. The molecule has 4 rings (SSSR count). The number of halogens is 3. The Labute approximate surface area is 200 Å². The number of anilines is 4. The van der Waals surface area contributed by atoms with Crippen LogP contribution in [0, 0.1) is 11.6 Å². The quantitative estimate of drug-likeness (QED) is 0.440. The van der Waals surface area contributed by atoms with Crippen molar-refractivity contribution in [3.05, 3.63) is 76.4 Å². The third-order valence-electron chi connectivity index (χ3n) is 5.35. The summed E-state index contributed by atoms with van der Waals surface area (Å²) in [7, 11) is 0. The second kappa shape index (κ2) is 10.7. The molecule has 0 atom stereocenters. The fraction of sp³-hybridized carbons (Fsp3) is 0.250. The molecule has 7 nitrogen and oxygen atoms in total. The minimum atomic E-state index is -0.665. The molecular formula is C24H24ClF2N5O2. The van der Waals surface area contributed by atoms with Crippen LogP contribution in [0.5, 0.6) is 0 Å². The number of aromatic nitrogens is 1. The van der Waals surface area contributed by atoms with Crippen molar-refractivity contribution in [2.45, 2.75) is 13.0 Å². The maximum absolute atomic E-state index is 13.5. The molecule has 0 bridgehead atoms. The molecule has 1 aliphatic heterocycles. The monoisotopic (exact) mass is 487 g/mol. The fourth-order valence-corrected chi connectivity index (χ4v) is 3.94. The lowest BCUT2D eigenvalue weighted by atomic mass is 10.1. The number of carbonyl (C=O) groups is 1. The highest BCUT2D eigenvalue weighted by molar-refractivity contribution is 6.33. The number of rotatable bonds is 8. The molecular weight excluding hydrogens is 464 g/mol. The molecule has 0 unspecified atom stereocenters. The smallest absolute Gasteiger partial charge is 0.221 e. The first-order chi connectivity index (χ1) is 16.4. The molecule has 0 spiro atoms. The third kappa shape index (κ3) is 6.12. The molecule has 10 heteroatoms. The average molecular weight is 488 g/mol. The summed E-state index contributed by atoms with van der Waals surface area (Å²) >= 11 is 6.51. The van der Waals surface area contributed by atoms with Crippen molar-refractivity contribution in [3.8, 4) is 0 Å². The largest absolute Gasteiger partial charge is 0.381 e. The molecule has 1 amide bonds. The first-order valence-corrected chi connectivity index (χ1v) is 11.1. The zero-order chi connectivity index (χ0) is 24.1. The second-order valence-electron chi connectivity index (χ2n) is 7.89. The number of primary amides is 1. The van der Waals surface area contributed by atoms with Crippen molar-refractivity contribution >= 4 is 40.4 Å². The van der Waals surface area contributed by atoms with E-state index in [1.54, 1.807) is 6.07 Å². The Morgan fingerprint density at radius 3 is 2.50 bits per heavy atom. The van der Waals surface area contributed by atoms with Crippen LogP contribution in [0.15, 0.2) is 48.7 Å². The predicted molar refractivity (Wildman–Crippen MR) is 129 cm³/mol. The SMILES string of the molecule is NC(=O)Cc1cnc(Nc2ccc(N3CCOCC3)cc2Cl)cc1NCc1cc(F)cc(F)c1. The highest BCUT2D eigenvalue weighted by atomic mass is 35.5. The summed E-state index contributed by atoms with van der Waals surface area (Å²) in [5.41, 5.74) is 8.55. The van der Waals surface area contributed by atoms with Crippen LogP contribution in [-0.2, 0) is 22.5 Å². The van der Waals surface area contributed by atoms with Crippen LogP contribution in [0.2, 0.25) is 5.02 Å². The van der Waals surface area contributed by atoms with Crippen LogP contribution in [0.3, 0.4) is 0 Å². The van der Waals surface area contributed by atoms with Gasteiger partial charge in [-0.25, -0.2) is 13.8 Å². The number of hydrogen-bond acceptors (Lipinski definition) is 6. The number of ether oxygens (including phenoxy) is 1. The van der Waals surface area contributed by atoms with Gasteiger partial charge in [0.05, 0.1) is 30.3 Å². The van der Waals surface area contributed by atoms with E-state index >= 15 is 0 Å². The minimum absolute atomic E-state index is 0.0396. The Morgan fingerprint density at radius 2 is 1.82 bits per heavy atom. The van der Waals surface area contributed by atoms with Gasteiger partial charge in [0.1, 0.15) is 17.5 Å². The van der Waals surface area contributed by atoms with Crippen molar-refractivity contribution in [1.29, 1.82) is 0 Å². The topological polar surface area (TPSA) is 92.5 Å². The molecule has 0 aliphatic carbocycles. The van der Waals surface area contributed by atoms with Gasteiger partial charge in [-0.15, -0.1) is 0 Å². The molecule has 178 valence electrons. The highest BCUT2D eigenvalue weighted by Crippen LogP contribution is 2.31. The van der Waals surface area contributed by atoms with Gasteiger partial charge in [-0.2, -0.15) is 0 Å². The zero-order valence-corrected chi connectivity index (χ0v) is 19.0. The number of carbonyl (C=O) groups excluding carboxylic acids is 1. The van der Waals surface area contributed by atoms with E-state index in [-0.39, 0.29) is 13.0 Å². The lowest BCUT2D eigenvalue weighted by molar-refractivity contribution is -0.117. The summed E-state index contributed by atoms with van der Waals surface area (Å²) in [4.78, 5) is 18.1. The van der Waals surface area contributed by atoms with Crippen LogP contribution in [0.1, 0.15) is 11.1 Å². The Hall–Kier alpha value is -3.43. The molecule has 0 saturated carbocycles. The van der Waals surface area contributed by atoms with Gasteiger partial charge in [-0.1, -0.05) is 11.6 Å². The van der Waals surface area contributed by atoms with Crippen molar-refractivity contribution in [2.24, 2.45) is 5.73 Å². The van der Waals surface area contributed by atoms with E-state index in [0.717, 1.165) is 24.8 Å². The molecule has 2 heterocycles. The summed E-state index contributed by atoms with van der Waals surface area (Å²) < 4.78 is 32.4. The van der Waals surface area contributed by atoms with E-state index in [2.05, 4.69) is 20.5 Å². The van der Waals surface area contributed by atoms with Crippen molar-refractivity contribution in [1.82, 2.24) is 4.98 Å². The Morgan fingerprint density at radius 1 is 1.09 bits per heavy atom. The number of nitrogens with two attached hydrogens (primary N) is 1. The van der Waals surface area contributed by atoms with E-state index in [1.807, 2.05) is 18.2 Å². The number of nitrogens with zero attached hydrogens (tertiary/aromatic N) is 2. The molecule has 0 radical (unpaired) electrons. The number of nitrogens with one attached hydrogen (secondary N) is 2. The Bertz CT molecular complexity index is 1170. The van der Waals surface area contributed by atoms with Crippen LogP contribution in [-0.4, -0.2) is 37.2 Å². The van der Waals surface area contributed by atoms with Crippen molar-refractivity contribution in [2.75, 3.05) is 41.8 Å². The minimum Gasteiger partial charge on any atom is -0.381 e. The second-order valence-corrected chi connectivity index (χ2v) is 8.30.